The molecule has 2 fully saturated rings. The minimum absolute atomic E-state index is 0.291. The second kappa shape index (κ2) is 7.26. The smallest absolute Gasteiger partial charge is 0.222 e. The minimum Gasteiger partial charge on any atom is -0.361 e. The Kier molecular flexibility index (Phi) is 5.28. The van der Waals surface area contributed by atoms with Crippen molar-refractivity contribution < 1.29 is 9.32 Å². The predicted octanol–water partition coefficient (Wildman–Crippen LogP) is 3.30. The van der Waals surface area contributed by atoms with Crippen LogP contribution in [0.2, 0.25) is 0 Å². The maximum atomic E-state index is 12.2. The Labute approximate surface area is 145 Å². The van der Waals surface area contributed by atoms with Gasteiger partial charge in [0, 0.05) is 43.6 Å². The van der Waals surface area contributed by atoms with Gasteiger partial charge in [-0.2, -0.15) is 0 Å². The summed E-state index contributed by atoms with van der Waals surface area (Å²) in [5.41, 5.74) is 2.54. The molecule has 2 aliphatic heterocycles. The molecule has 24 heavy (non-hydrogen) atoms. The van der Waals surface area contributed by atoms with Crippen molar-refractivity contribution >= 4 is 5.91 Å². The molecule has 1 aromatic rings. The van der Waals surface area contributed by atoms with E-state index < -0.39 is 0 Å². The lowest BCUT2D eigenvalue weighted by Crippen LogP contribution is -2.54. The second-order valence-electron chi connectivity index (χ2n) is 7.79. The lowest BCUT2D eigenvalue weighted by atomic mass is 9.73. The van der Waals surface area contributed by atoms with Gasteiger partial charge in [-0.3, -0.25) is 9.69 Å². The number of carbonyl (C=O) groups is 1. The zero-order valence-electron chi connectivity index (χ0n) is 15.4. The Balaban J connectivity index is 1.67. The van der Waals surface area contributed by atoms with E-state index in [1.165, 1.54) is 18.4 Å². The molecule has 2 aliphatic rings. The molecule has 1 aromatic heterocycles. The second-order valence-corrected chi connectivity index (χ2v) is 7.79. The molecular formula is C19H31N3O2. The molecule has 0 saturated carbocycles. The van der Waals surface area contributed by atoms with Gasteiger partial charge in [-0.25, -0.2) is 0 Å². The fourth-order valence-electron chi connectivity index (χ4n) is 4.38. The molecule has 5 heteroatoms. The van der Waals surface area contributed by atoms with Crippen molar-refractivity contribution in [2.45, 2.75) is 65.8 Å². The fraction of sp³-hybridized carbons (Fsp3) is 0.789. The molecule has 3 rings (SSSR count). The van der Waals surface area contributed by atoms with Gasteiger partial charge in [0.05, 0.1) is 5.69 Å². The van der Waals surface area contributed by atoms with Crippen LogP contribution in [-0.2, 0) is 11.3 Å². The molecule has 0 radical (unpaired) electrons. The number of likely N-dealkylation sites (tertiary alicyclic amines) is 2. The van der Waals surface area contributed by atoms with Crippen molar-refractivity contribution in [1.29, 1.82) is 0 Å². The summed E-state index contributed by atoms with van der Waals surface area (Å²) < 4.78 is 5.32. The predicted molar refractivity (Wildman–Crippen MR) is 93.6 cm³/mol. The molecule has 3 heterocycles. The van der Waals surface area contributed by atoms with Gasteiger partial charge >= 0.3 is 0 Å². The number of rotatable bonds is 5. The first-order chi connectivity index (χ1) is 11.5. The lowest BCUT2D eigenvalue weighted by molar-refractivity contribution is -0.139. The maximum absolute atomic E-state index is 12.2. The number of hydrogen-bond donors (Lipinski definition) is 0. The van der Waals surface area contributed by atoms with E-state index >= 15 is 0 Å². The van der Waals surface area contributed by atoms with Crippen LogP contribution >= 0.6 is 0 Å². The van der Waals surface area contributed by atoms with E-state index in [1.807, 2.05) is 13.8 Å². The minimum atomic E-state index is 0.291. The normalized spacial score (nSPS) is 25.6. The Morgan fingerprint density at radius 2 is 2.08 bits per heavy atom. The van der Waals surface area contributed by atoms with Gasteiger partial charge in [-0.1, -0.05) is 18.5 Å². The summed E-state index contributed by atoms with van der Waals surface area (Å²) in [6, 6.07) is 0. The van der Waals surface area contributed by atoms with Crippen LogP contribution in [0.1, 0.15) is 62.5 Å². The topological polar surface area (TPSA) is 49.6 Å². The van der Waals surface area contributed by atoms with E-state index in [9.17, 15) is 4.79 Å². The Morgan fingerprint density at radius 3 is 2.79 bits per heavy atom. The average Bonchev–Trinajstić information content (AvgIpc) is 2.88. The molecule has 0 bridgehead atoms. The molecular weight excluding hydrogens is 302 g/mol. The van der Waals surface area contributed by atoms with Crippen molar-refractivity contribution in [2.75, 3.05) is 26.2 Å². The molecule has 0 N–H and O–H groups in total. The molecule has 5 nitrogen and oxygen atoms in total. The van der Waals surface area contributed by atoms with Gasteiger partial charge in [-0.05, 0) is 46.1 Å². The van der Waals surface area contributed by atoms with Crippen LogP contribution in [-0.4, -0.2) is 47.0 Å². The zero-order valence-corrected chi connectivity index (χ0v) is 15.4. The largest absolute Gasteiger partial charge is 0.361 e. The Hall–Kier alpha value is -1.36. The highest BCUT2D eigenvalue weighted by Crippen LogP contribution is 2.39. The third-order valence-corrected chi connectivity index (χ3v) is 5.83. The first-order valence-corrected chi connectivity index (χ1v) is 9.45. The van der Waals surface area contributed by atoms with Crippen LogP contribution in [0.5, 0.6) is 0 Å². The van der Waals surface area contributed by atoms with Crippen LogP contribution in [0.3, 0.4) is 0 Å². The van der Waals surface area contributed by atoms with Crippen LogP contribution in [0, 0.1) is 19.3 Å². The molecule has 134 valence electrons. The van der Waals surface area contributed by atoms with E-state index in [2.05, 4.69) is 21.9 Å². The van der Waals surface area contributed by atoms with Crippen LogP contribution in [0.25, 0.3) is 0 Å². The summed E-state index contributed by atoms with van der Waals surface area (Å²) in [4.78, 5) is 16.9. The molecule has 2 saturated heterocycles. The van der Waals surface area contributed by atoms with Crippen LogP contribution < -0.4 is 0 Å². The highest BCUT2D eigenvalue weighted by Gasteiger charge is 2.41. The fourth-order valence-corrected chi connectivity index (χ4v) is 4.38. The number of nitrogens with zero attached hydrogens (tertiary/aromatic N) is 3. The summed E-state index contributed by atoms with van der Waals surface area (Å²) in [6.07, 6.45) is 6.51. The highest BCUT2D eigenvalue weighted by atomic mass is 16.5. The van der Waals surface area contributed by atoms with Crippen molar-refractivity contribution in [3.05, 3.63) is 17.0 Å². The summed E-state index contributed by atoms with van der Waals surface area (Å²) in [5, 5.41) is 4.09. The molecule has 0 aromatic carbocycles. The van der Waals surface area contributed by atoms with Gasteiger partial charge in [0.25, 0.3) is 0 Å². The summed E-state index contributed by atoms with van der Waals surface area (Å²) in [6.45, 7) is 11.2. The third-order valence-electron chi connectivity index (χ3n) is 5.83. The SMILES string of the molecule is CCCCN1C[C@]2(CCCN(Cc3c(C)noc3C)C2)CCC1=O. The van der Waals surface area contributed by atoms with E-state index in [0.717, 1.165) is 69.9 Å². The van der Waals surface area contributed by atoms with Crippen LogP contribution in [0.4, 0.5) is 0 Å². The highest BCUT2D eigenvalue weighted by molar-refractivity contribution is 5.77. The van der Waals surface area contributed by atoms with Gasteiger partial charge < -0.3 is 9.42 Å². The summed E-state index contributed by atoms with van der Waals surface area (Å²) in [7, 11) is 0. The van der Waals surface area contributed by atoms with Crippen LogP contribution in [0.15, 0.2) is 4.52 Å². The number of hydrogen-bond acceptors (Lipinski definition) is 4. The summed E-state index contributed by atoms with van der Waals surface area (Å²) in [5.74, 6) is 1.30. The van der Waals surface area contributed by atoms with E-state index in [4.69, 9.17) is 4.52 Å². The number of carbonyl (C=O) groups excluding carboxylic acids is 1. The first kappa shape index (κ1) is 17.5. The number of piperidine rings is 2. The van der Waals surface area contributed by atoms with E-state index in [-0.39, 0.29) is 0 Å². The number of aromatic nitrogens is 1. The Bertz CT molecular complexity index is 564. The van der Waals surface area contributed by atoms with Crippen molar-refractivity contribution in [3.8, 4) is 0 Å². The van der Waals surface area contributed by atoms with Gasteiger partial charge in [0.1, 0.15) is 5.76 Å². The zero-order chi connectivity index (χ0) is 17.2. The average molecular weight is 333 g/mol. The van der Waals surface area contributed by atoms with Crippen molar-refractivity contribution in [3.63, 3.8) is 0 Å². The van der Waals surface area contributed by atoms with E-state index in [0.29, 0.717) is 11.3 Å². The Morgan fingerprint density at radius 1 is 1.25 bits per heavy atom. The first-order valence-electron chi connectivity index (χ1n) is 9.45. The third kappa shape index (κ3) is 3.66. The molecule has 0 unspecified atom stereocenters. The standard InChI is InChI=1S/C19H31N3O2/c1-4-5-11-22-14-19(9-7-18(22)23)8-6-10-21(13-19)12-17-15(2)20-24-16(17)3/h4-14H2,1-3H3/t19-/m1/s1. The van der Waals surface area contributed by atoms with Crippen molar-refractivity contribution in [1.82, 2.24) is 15.0 Å². The lowest BCUT2D eigenvalue weighted by Gasteiger charge is -2.48. The van der Waals surface area contributed by atoms with Crippen molar-refractivity contribution in [2.24, 2.45) is 5.41 Å². The molecule has 1 atom stereocenters. The van der Waals surface area contributed by atoms with Gasteiger partial charge in [-0.15, -0.1) is 0 Å². The number of unbranched alkanes of at least 4 members (excludes halogenated alkanes) is 1. The molecule has 1 spiro atoms. The van der Waals surface area contributed by atoms with E-state index in [1.54, 1.807) is 0 Å². The summed E-state index contributed by atoms with van der Waals surface area (Å²) >= 11 is 0. The number of aryl methyl sites for hydroxylation is 2. The molecule has 0 aliphatic carbocycles. The monoisotopic (exact) mass is 333 g/mol. The number of amides is 1. The van der Waals surface area contributed by atoms with Gasteiger partial charge in [0.2, 0.25) is 5.91 Å². The molecule has 1 amide bonds. The van der Waals surface area contributed by atoms with Gasteiger partial charge in [0.15, 0.2) is 0 Å². The maximum Gasteiger partial charge on any atom is 0.222 e. The quantitative estimate of drug-likeness (QED) is 0.829.